The van der Waals surface area contributed by atoms with E-state index in [-0.39, 0.29) is 22.3 Å². The van der Waals surface area contributed by atoms with Gasteiger partial charge in [-0.3, -0.25) is 9.59 Å². The predicted molar refractivity (Wildman–Crippen MR) is 118 cm³/mol. The summed E-state index contributed by atoms with van der Waals surface area (Å²) in [6, 6.07) is 15.9. The summed E-state index contributed by atoms with van der Waals surface area (Å²) >= 11 is 5.50. The van der Waals surface area contributed by atoms with Crippen LogP contribution in [0.5, 0.6) is 5.75 Å². The quantitative estimate of drug-likeness (QED) is 0.398. The molecular weight excluding hydrogens is 404 g/mol. The van der Waals surface area contributed by atoms with Gasteiger partial charge in [-0.15, -0.1) is 0 Å². The first-order chi connectivity index (χ1) is 14.4. The molecule has 0 aliphatic rings. The van der Waals surface area contributed by atoms with E-state index in [2.05, 4.69) is 0 Å². The molecule has 6 nitrogen and oxygen atoms in total. The third kappa shape index (κ3) is 6.06. The van der Waals surface area contributed by atoms with E-state index in [0.717, 1.165) is 21.9 Å². The van der Waals surface area contributed by atoms with Crippen LogP contribution < -0.4 is 5.73 Å². The average Bonchev–Trinajstić information content (AvgIpc) is 2.74. The van der Waals surface area contributed by atoms with E-state index in [0.29, 0.717) is 19.4 Å². The van der Waals surface area contributed by atoms with Gasteiger partial charge in [-0.1, -0.05) is 48.0 Å². The summed E-state index contributed by atoms with van der Waals surface area (Å²) in [5.74, 6) is -0.786. The Kier molecular flexibility index (Phi) is 8.38. The number of amides is 1. The van der Waals surface area contributed by atoms with Crippen molar-refractivity contribution in [3.05, 3.63) is 76.3 Å². The van der Waals surface area contributed by atoms with Gasteiger partial charge in [-0.05, 0) is 53.4 Å². The third-order valence-corrected chi connectivity index (χ3v) is 4.64. The van der Waals surface area contributed by atoms with Gasteiger partial charge in [0.2, 0.25) is 5.91 Å². The van der Waals surface area contributed by atoms with E-state index in [4.69, 9.17) is 32.6 Å². The lowest BCUT2D eigenvalue weighted by molar-refractivity contribution is -0.143. The maximum atomic E-state index is 11.4. The highest BCUT2D eigenvalue weighted by Crippen LogP contribution is 2.24. The molecule has 3 aromatic carbocycles. The largest absolute Gasteiger partial charge is 0.506 e. The van der Waals surface area contributed by atoms with Crippen LogP contribution in [0.4, 0.5) is 0 Å². The molecule has 0 bridgehead atoms. The third-order valence-electron chi connectivity index (χ3n) is 4.34. The van der Waals surface area contributed by atoms with Crippen LogP contribution in [0.3, 0.4) is 0 Å². The van der Waals surface area contributed by atoms with Crippen LogP contribution in [0, 0.1) is 5.41 Å². The van der Waals surface area contributed by atoms with E-state index in [1.165, 1.54) is 24.4 Å². The number of hydrogen-bond donors (Lipinski definition) is 3. The fourth-order valence-corrected chi connectivity index (χ4v) is 3.04. The number of phenolic OH excluding ortho intramolecular Hbond substituents is 1. The molecule has 1 amide bonds. The number of nitrogens with two attached hydrogens (primary N) is 1. The highest BCUT2D eigenvalue weighted by molar-refractivity contribution is 6.32. The molecule has 7 heteroatoms. The molecule has 156 valence electrons. The molecular formula is C23H23ClN2O4. The first-order valence-corrected chi connectivity index (χ1v) is 9.70. The second-order valence-electron chi connectivity index (χ2n) is 6.34. The van der Waals surface area contributed by atoms with Crippen molar-refractivity contribution in [2.24, 2.45) is 5.73 Å². The number of fused-ring (bicyclic) bond motifs is 1. The number of primary amides is 1. The molecule has 3 aromatic rings. The second kappa shape index (κ2) is 11.0. The Bertz CT molecular complexity index is 1070. The van der Waals surface area contributed by atoms with Crippen molar-refractivity contribution in [3.63, 3.8) is 0 Å². The number of phenols is 1. The molecule has 3 rings (SSSR count). The lowest BCUT2D eigenvalue weighted by Crippen LogP contribution is -2.10. The number of carbonyl (C=O) groups is 2. The maximum Gasteiger partial charge on any atom is 0.306 e. The van der Waals surface area contributed by atoms with Crippen molar-refractivity contribution in [2.75, 3.05) is 6.61 Å². The standard InChI is InChI=1S/C16H17NO2.C7H6ClNO2/c1-2-19-16(18)10-9-12-7-8-13(11-17)15-6-4-3-5-14(12)15;8-5-3-4(7(9)11)1-2-6(5)10/h3-8,11,17H,2,9-10H2,1H3;1-3,10H,(H2,9,11). The molecule has 0 saturated heterocycles. The van der Waals surface area contributed by atoms with Gasteiger partial charge in [0.25, 0.3) is 0 Å². The number of aromatic hydroxyl groups is 1. The van der Waals surface area contributed by atoms with Gasteiger partial charge in [0.1, 0.15) is 5.75 Å². The van der Waals surface area contributed by atoms with Crippen LogP contribution in [-0.4, -0.2) is 29.8 Å². The van der Waals surface area contributed by atoms with Crippen molar-refractivity contribution in [2.45, 2.75) is 19.8 Å². The molecule has 0 spiro atoms. The molecule has 0 aliphatic heterocycles. The molecule has 0 unspecified atom stereocenters. The number of rotatable bonds is 6. The summed E-state index contributed by atoms with van der Waals surface area (Å²) in [6.07, 6.45) is 2.41. The van der Waals surface area contributed by atoms with Gasteiger partial charge in [-0.25, -0.2) is 0 Å². The summed E-state index contributed by atoms with van der Waals surface area (Å²) in [4.78, 5) is 22.0. The number of ether oxygens (including phenoxy) is 1. The number of aryl methyl sites for hydroxylation is 1. The summed E-state index contributed by atoms with van der Waals surface area (Å²) < 4.78 is 4.95. The number of esters is 1. The van der Waals surface area contributed by atoms with Gasteiger partial charge < -0.3 is 21.0 Å². The molecule has 0 atom stereocenters. The van der Waals surface area contributed by atoms with Gasteiger partial charge in [0.05, 0.1) is 11.6 Å². The highest BCUT2D eigenvalue weighted by atomic mass is 35.5. The lowest BCUT2D eigenvalue weighted by atomic mass is 9.97. The van der Waals surface area contributed by atoms with Crippen LogP contribution in [0.15, 0.2) is 54.6 Å². The fraction of sp³-hybridized carbons (Fsp3) is 0.174. The van der Waals surface area contributed by atoms with E-state index in [1.807, 2.05) is 43.3 Å². The van der Waals surface area contributed by atoms with Crippen LogP contribution in [-0.2, 0) is 16.0 Å². The first kappa shape index (κ1) is 22.9. The zero-order chi connectivity index (χ0) is 22.1. The monoisotopic (exact) mass is 426 g/mol. The second-order valence-corrected chi connectivity index (χ2v) is 6.75. The van der Waals surface area contributed by atoms with Crippen molar-refractivity contribution >= 4 is 40.5 Å². The number of hydrogen-bond acceptors (Lipinski definition) is 5. The van der Waals surface area contributed by atoms with Gasteiger partial charge in [0.15, 0.2) is 0 Å². The lowest BCUT2D eigenvalue weighted by Gasteiger charge is -2.08. The van der Waals surface area contributed by atoms with Gasteiger partial charge in [0, 0.05) is 18.2 Å². The summed E-state index contributed by atoms with van der Waals surface area (Å²) in [6.45, 7) is 2.23. The Morgan fingerprint density at radius 3 is 2.43 bits per heavy atom. The Hall–Kier alpha value is -3.38. The molecule has 0 fully saturated rings. The normalized spacial score (nSPS) is 10.1. The molecule has 0 heterocycles. The number of halogens is 1. The molecule has 0 aromatic heterocycles. The maximum absolute atomic E-state index is 11.4. The number of nitrogens with one attached hydrogen (secondary N) is 1. The van der Waals surface area contributed by atoms with E-state index in [1.54, 1.807) is 0 Å². The van der Waals surface area contributed by atoms with Crippen molar-refractivity contribution in [1.29, 1.82) is 5.41 Å². The fourth-order valence-electron chi connectivity index (χ4n) is 2.86. The summed E-state index contributed by atoms with van der Waals surface area (Å²) in [5.41, 5.74) is 7.26. The summed E-state index contributed by atoms with van der Waals surface area (Å²) in [7, 11) is 0. The van der Waals surface area contributed by atoms with E-state index >= 15 is 0 Å². The minimum absolute atomic E-state index is 0.0586. The molecule has 0 radical (unpaired) electrons. The van der Waals surface area contributed by atoms with Crippen LogP contribution >= 0.6 is 11.6 Å². The molecule has 0 saturated carbocycles. The Morgan fingerprint density at radius 2 is 1.83 bits per heavy atom. The molecule has 30 heavy (non-hydrogen) atoms. The minimum Gasteiger partial charge on any atom is -0.506 e. The SMILES string of the molecule is CCOC(=O)CCc1ccc(C=N)c2ccccc12.NC(=O)c1ccc(O)c(Cl)c1. The van der Waals surface area contributed by atoms with Crippen LogP contribution in [0.2, 0.25) is 5.02 Å². The predicted octanol–water partition coefficient (Wildman–Crippen LogP) is 4.48. The van der Waals surface area contributed by atoms with E-state index in [9.17, 15) is 9.59 Å². The number of benzene rings is 3. The van der Waals surface area contributed by atoms with Crippen LogP contribution in [0.25, 0.3) is 10.8 Å². The molecule has 0 aliphatic carbocycles. The minimum atomic E-state index is -0.563. The highest BCUT2D eigenvalue weighted by Gasteiger charge is 2.07. The Labute approximate surface area is 179 Å². The van der Waals surface area contributed by atoms with Crippen molar-refractivity contribution < 1.29 is 19.4 Å². The Morgan fingerprint density at radius 1 is 1.13 bits per heavy atom. The van der Waals surface area contributed by atoms with Gasteiger partial charge in [-0.2, -0.15) is 0 Å². The zero-order valence-electron chi connectivity index (χ0n) is 16.5. The van der Waals surface area contributed by atoms with Gasteiger partial charge >= 0.3 is 5.97 Å². The van der Waals surface area contributed by atoms with Crippen molar-refractivity contribution in [3.8, 4) is 5.75 Å². The zero-order valence-corrected chi connectivity index (χ0v) is 17.3. The van der Waals surface area contributed by atoms with E-state index < -0.39 is 5.91 Å². The van der Waals surface area contributed by atoms with Crippen molar-refractivity contribution in [1.82, 2.24) is 0 Å². The summed E-state index contributed by atoms with van der Waals surface area (Å²) in [5, 5.41) is 18.6. The smallest absolute Gasteiger partial charge is 0.306 e. The molecule has 4 N–H and O–H groups in total. The topological polar surface area (TPSA) is 113 Å². The first-order valence-electron chi connectivity index (χ1n) is 9.32. The average molecular weight is 427 g/mol. The van der Waals surface area contributed by atoms with Crippen LogP contribution in [0.1, 0.15) is 34.8 Å². The Balaban J connectivity index is 0.000000248. The number of carbonyl (C=O) groups excluding carboxylic acids is 2.